The molecule has 0 aromatic rings. The number of unbranched alkanes of at least 4 members (excludes halogenated alkanes) is 5. The third-order valence-electron chi connectivity index (χ3n) is 6.96. The summed E-state index contributed by atoms with van der Waals surface area (Å²) in [6, 6.07) is 0. The van der Waals surface area contributed by atoms with Crippen molar-refractivity contribution in [2.75, 3.05) is 0 Å². The van der Waals surface area contributed by atoms with Gasteiger partial charge < -0.3 is 29.7 Å². The molecule has 37 heavy (non-hydrogen) atoms. The Bertz CT molecular complexity index is 559. The Morgan fingerprint density at radius 3 is 1.05 bits per heavy atom. The molecule has 1 radical (unpaired) electrons. The zero-order valence-electron chi connectivity index (χ0n) is 25.5. The summed E-state index contributed by atoms with van der Waals surface area (Å²) in [7, 11) is 0. The monoisotopic (exact) mass is 665 g/mol. The fourth-order valence-electron chi connectivity index (χ4n) is 3.99. The zero-order chi connectivity index (χ0) is 28.8. The summed E-state index contributed by atoms with van der Waals surface area (Å²) in [5.74, 6) is -2.71. The fourth-order valence-corrected chi connectivity index (χ4v) is 3.99. The molecular weight excluding hydrogens is 607 g/mol. The summed E-state index contributed by atoms with van der Waals surface area (Å²) in [6.07, 6.45) is 14.1. The van der Waals surface area contributed by atoms with E-state index in [0.717, 1.165) is 83.5 Å². The van der Waals surface area contributed by atoms with Crippen LogP contribution >= 0.6 is 0 Å². The van der Waals surface area contributed by atoms with Gasteiger partial charge >= 0.3 is 40.4 Å². The number of rotatable bonds is 18. The van der Waals surface area contributed by atoms with E-state index in [4.69, 9.17) is 0 Å². The van der Waals surface area contributed by atoms with Gasteiger partial charge in [0.25, 0.3) is 0 Å². The largest absolute Gasteiger partial charge is 3.00 e. The molecule has 0 aliphatic rings. The normalized spacial score (nSPS) is 13.9. The molecule has 0 saturated heterocycles. The number of carboxylic acid groups (broad SMARTS) is 3. The molecule has 0 aromatic carbocycles. The van der Waals surface area contributed by atoms with Crippen molar-refractivity contribution in [3.05, 3.63) is 0 Å². The van der Waals surface area contributed by atoms with E-state index in [9.17, 15) is 29.7 Å². The van der Waals surface area contributed by atoms with Crippen LogP contribution in [0.1, 0.15) is 159 Å². The molecule has 219 valence electrons. The third-order valence-corrected chi connectivity index (χ3v) is 6.96. The van der Waals surface area contributed by atoms with Crippen molar-refractivity contribution in [1.29, 1.82) is 0 Å². The molecule has 0 aliphatic carbocycles. The van der Waals surface area contributed by atoms with Crippen LogP contribution in [-0.2, 0) is 14.4 Å². The van der Waals surface area contributed by atoms with Gasteiger partial charge in [0.15, 0.2) is 0 Å². The van der Waals surface area contributed by atoms with Crippen molar-refractivity contribution < 1.29 is 70.1 Å². The first-order chi connectivity index (χ1) is 16.6. The number of hydrogen-bond donors (Lipinski definition) is 0. The van der Waals surface area contributed by atoms with Crippen molar-refractivity contribution in [2.45, 2.75) is 159 Å². The molecule has 2 atom stereocenters. The summed E-state index contributed by atoms with van der Waals surface area (Å²) in [5, 5.41) is 32.2. The maximum absolute atomic E-state index is 10.8. The van der Waals surface area contributed by atoms with Gasteiger partial charge in [-0.25, -0.2) is 0 Å². The molecule has 0 N–H and O–H groups in total. The van der Waals surface area contributed by atoms with E-state index in [-0.39, 0.29) is 40.4 Å². The minimum Gasteiger partial charge on any atom is -0.550 e. The van der Waals surface area contributed by atoms with E-state index >= 15 is 0 Å². The molecule has 0 saturated carbocycles. The number of aliphatic carboxylic acids is 3. The number of carbonyl (C=O) groups excluding carboxylic acids is 3. The summed E-state index contributed by atoms with van der Waals surface area (Å²) in [6.45, 7) is 17.3. The van der Waals surface area contributed by atoms with E-state index in [1.807, 2.05) is 13.8 Å². The Balaban J connectivity index is -0.000000218. The quantitative estimate of drug-likeness (QED) is 0.186. The maximum Gasteiger partial charge on any atom is 3.00 e. The Hall–Kier alpha value is -0.252. The Labute approximate surface area is 261 Å². The first-order valence-electron chi connectivity index (χ1n) is 14.3. The van der Waals surface area contributed by atoms with Gasteiger partial charge in [-0.1, -0.05) is 127 Å². The van der Waals surface area contributed by atoms with Gasteiger partial charge in [0.05, 0.1) is 0 Å². The second-order valence-electron chi connectivity index (χ2n) is 11.4. The first-order valence-corrected chi connectivity index (χ1v) is 14.3. The van der Waals surface area contributed by atoms with Gasteiger partial charge in [0.1, 0.15) is 0 Å². The summed E-state index contributed by atoms with van der Waals surface area (Å²) < 4.78 is 0. The van der Waals surface area contributed by atoms with Crippen molar-refractivity contribution >= 4 is 17.9 Å². The standard InChI is InChI=1S/3C10H20O2.Sm/c1-4-5-6-7-8-10(2,3)9(11)12;2*1-4-6-8-10(3,7-5-2)9(11)12;/h3*4-8H2,1-3H3,(H,11,12);/q;;;+3/p-3. The first kappa shape index (κ1) is 43.8. The summed E-state index contributed by atoms with van der Waals surface area (Å²) >= 11 is 0. The van der Waals surface area contributed by atoms with Gasteiger partial charge in [-0.3, -0.25) is 0 Å². The molecule has 0 spiro atoms. The van der Waals surface area contributed by atoms with Crippen LogP contribution in [0.3, 0.4) is 0 Å². The topological polar surface area (TPSA) is 120 Å². The maximum atomic E-state index is 10.8. The van der Waals surface area contributed by atoms with Crippen LogP contribution in [0.25, 0.3) is 0 Å². The van der Waals surface area contributed by atoms with Crippen molar-refractivity contribution in [3.63, 3.8) is 0 Å². The van der Waals surface area contributed by atoms with E-state index in [0.29, 0.717) is 0 Å². The second kappa shape index (κ2) is 24.8. The van der Waals surface area contributed by atoms with Gasteiger partial charge in [-0.05, 0) is 32.1 Å². The van der Waals surface area contributed by atoms with E-state index in [2.05, 4.69) is 20.8 Å². The molecular formula is C30H57O6Sm. The molecule has 0 amide bonds. The smallest absolute Gasteiger partial charge is 0.550 e. The van der Waals surface area contributed by atoms with Gasteiger partial charge in [-0.15, -0.1) is 0 Å². The molecule has 6 nitrogen and oxygen atoms in total. The van der Waals surface area contributed by atoms with Crippen molar-refractivity contribution in [3.8, 4) is 0 Å². The average Bonchev–Trinajstić information content (AvgIpc) is 2.80. The predicted molar refractivity (Wildman–Crippen MR) is 143 cm³/mol. The summed E-state index contributed by atoms with van der Waals surface area (Å²) in [5.41, 5.74) is -1.83. The fraction of sp³-hybridized carbons (Fsp3) is 0.900. The molecule has 0 fully saturated rings. The SMILES string of the molecule is CCCCC(C)(CCC)C(=O)[O-].CCCCC(C)(CCC)C(=O)[O-].CCCCCCC(C)(C)C(=O)[O-].[Sm+3]. The Morgan fingerprint density at radius 1 is 0.459 bits per heavy atom. The van der Waals surface area contributed by atoms with Gasteiger partial charge in [-0.2, -0.15) is 0 Å². The number of carboxylic acids is 3. The van der Waals surface area contributed by atoms with Crippen LogP contribution in [0.4, 0.5) is 0 Å². The third kappa shape index (κ3) is 22.3. The van der Waals surface area contributed by atoms with Crippen LogP contribution in [-0.4, -0.2) is 17.9 Å². The van der Waals surface area contributed by atoms with Crippen LogP contribution in [0, 0.1) is 56.6 Å². The van der Waals surface area contributed by atoms with Crippen molar-refractivity contribution in [1.82, 2.24) is 0 Å². The molecule has 0 aliphatic heterocycles. The van der Waals surface area contributed by atoms with Crippen LogP contribution in [0.2, 0.25) is 0 Å². The molecule has 0 heterocycles. The van der Waals surface area contributed by atoms with Crippen LogP contribution in [0.15, 0.2) is 0 Å². The molecule has 0 bridgehead atoms. The average molecular weight is 664 g/mol. The second-order valence-corrected chi connectivity index (χ2v) is 11.4. The Morgan fingerprint density at radius 2 is 0.811 bits per heavy atom. The van der Waals surface area contributed by atoms with Crippen LogP contribution < -0.4 is 15.3 Å². The number of hydrogen-bond acceptors (Lipinski definition) is 6. The molecule has 0 aromatic heterocycles. The molecule has 2 unspecified atom stereocenters. The predicted octanol–water partition coefficient (Wildman–Crippen LogP) is 5.20. The van der Waals surface area contributed by atoms with E-state index < -0.39 is 34.2 Å². The van der Waals surface area contributed by atoms with E-state index in [1.54, 1.807) is 27.7 Å². The zero-order valence-corrected chi connectivity index (χ0v) is 28.1. The van der Waals surface area contributed by atoms with Crippen molar-refractivity contribution in [2.24, 2.45) is 16.2 Å². The molecule has 0 rings (SSSR count). The minimum absolute atomic E-state index is 0. The minimum atomic E-state index is -0.931. The van der Waals surface area contributed by atoms with Gasteiger partial charge in [0.2, 0.25) is 0 Å². The Kier molecular flexibility index (Phi) is 29.3. The number of carbonyl (C=O) groups is 3. The van der Waals surface area contributed by atoms with Crippen LogP contribution in [0.5, 0.6) is 0 Å². The molecule has 7 heteroatoms. The van der Waals surface area contributed by atoms with Gasteiger partial charge in [0, 0.05) is 34.2 Å². The van der Waals surface area contributed by atoms with E-state index in [1.165, 1.54) is 12.8 Å². The summed E-state index contributed by atoms with van der Waals surface area (Å²) in [4.78, 5) is 32.2.